The Morgan fingerprint density at radius 1 is 1.11 bits per heavy atom. The maximum absolute atomic E-state index is 12.8. The lowest BCUT2D eigenvalue weighted by molar-refractivity contribution is -0.124. The highest BCUT2D eigenvalue weighted by Crippen LogP contribution is 2.32. The first-order valence-electron chi connectivity index (χ1n) is 8.78. The summed E-state index contributed by atoms with van der Waals surface area (Å²) in [6.45, 7) is 0.809. The number of nitrogens with one attached hydrogen (secondary N) is 2. The number of thiophene rings is 1. The summed E-state index contributed by atoms with van der Waals surface area (Å²) in [4.78, 5) is 24.5. The first kappa shape index (κ1) is 21.0. The number of benzene rings is 1. The highest BCUT2D eigenvalue weighted by atomic mass is 79.9. The van der Waals surface area contributed by atoms with Gasteiger partial charge in [-0.15, -0.1) is 11.3 Å². The third-order valence-corrected chi connectivity index (χ3v) is 8.36. The molecule has 0 aliphatic carbocycles. The minimum absolute atomic E-state index is 0.217. The van der Waals surface area contributed by atoms with Gasteiger partial charge in [0.05, 0.1) is 3.79 Å². The third kappa shape index (κ3) is 4.80. The molecule has 0 spiro atoms. The molecule has 28 heavy (non-hydrogen) atoms. The number of carbonyl (C=O) groups excluding carboxylic acids is 2. The molecule has 2 amide bonds. The monoisotopic (exact) mass is 485 g/mol. The quantitative estimate of drug-likeness (QED) is 0.587. The first-order chi connectivity index (χ1) is 13.4. The summed E-state index contributed by atoms with van der Waals surface area (Å²) in [5.74, 6) is -0.561. The third-order valence-electron chi connectivity index (χ3n) is 4.36. The summed E-state index contributed by atoms with van der Waals surface area (Å²) in [7, 11) is -3.70. The van der Waals surface area contributed by atoms with Gasteiger partial charge in [0, 0.05) is 25.2 Å². The zero-order valence-corrected chi connectivity index (χ0v) is 18.1. The van der Waals surface area contributed by atoms with Gasteiger partial charge in [0.25, 0.3) is 15.9 Å². The van der Waals surface area contributed by atoms with Gasteiger partial charge in [-0.05, 0) is 53.0 Å². The van der Waals surface area contributed by atoms with E-state index >= 15 is 0 Å². The average molecular weight is 486 g/mol. The van der Waals surface area contributed by atoms with Gasteiger partial charge in [0.1, 0.15) is 10.3 Å². The number of halogens is 1. The van der Waals surface area contributed by atoms with Crippen molar-refractivity contribution in [3.05, 3.63) is 51.8 Å². The Hall–Kier alpha value is -1.75. The van der Waals surface area contributed by atoms with Crippen molar-refractivity contribution in [1.82, 2.24) is 14.9 Å². The van der Waals surface area contributed by atoms with Gasteiger partial charge in [-0.3, -0.25) is 9.59 Å². The number of nitrogens with zero attached hydrogens (tertiary/aromatic N) is 1. The van der Waals surface area contributed by atoms with Crippen LogP contribution in [0.5, 0.6) is 0 Å². The Morgan fingerprint density at radius 3 is 2.50 bits per heavy atom. The van der Waals surface area contributed by atoms with Gasteiger partial charge in [-0.1, -0.05) is 18.2 Å². The number of sulfonamides is 1. The number of rotatable bonds is 7. The molecule has 1 aromatic heterocycles. The van der Waals surface area contributed by atoms with E-state index in [4.69, 9.17) is 0 Å². The van der Waals surface area contributed by atoms with Gasteiger partial charge in [-0.2, -0.15) is 4.31 Å². The standard InChI is InChI=1S/C18H20BrN3O4S2/c19-15-8-9-16(27-15)28(25,26)22-12-4-7-14(22)18(24)21-11-10-20-17(23)13-5-2-1-3-6-13/h1-3,5-6,8-9,14H,4,7,10-12H2,(H,20,23)(H,21,24). The van der Waals surface area contributed by atoms with E-state index in [1.54, 1.807) is 30.3 Å². The van der Waals surface area contributed by atoms with Crippen molar-refractivity contribution in [3.8, 4) is 0 Å². The van der Waals surface area contributed by atoms with Crippen LogP contribution in [0.4, 0.5) is 0 Å². The summed E-state index contributed by atoms with van der Waals surface area (Å²) < 4.78 is 27.8. The molecule has 1 unspecified atom stereocenters. The number of hydrogen-bond acceptors (Lipinski definition) is 5. The summed E-state index contributed by atoms with van der Waals surface area (Å²) >= 11 is 4.40. The summed E-state index contributed by atoms with van der Waals surface area (Å²) in [6.07, 6.45) is 1.11. The molecule has 1 aliphatic heterocycles. The minimum atomic E-state index is -3.70. The second-order valence-electron chi connectivity index (χ2n) is 6.25. The highest BCUT2D eigenvalue weighted by molar-refractivity contribution is 9.11. The van der Waals surface area contributed by atoms with Gasteiger partial charge >= 0.3 is 0 Å². The smallest absolute Gasteiger partial charge is 0.253 e. The fraction of sp³-hybridized carbons (Fsp3) is 0.333. The van der Waals surface area contributed by atoms with Crippen LogP contribution in [-0.2, 0) is 14.8 Å². The Morgan fingerprint density at radius 2 is 1.82 bits per heavy atom. The van der Waals surface area contributed by atoms with Gasteiger partial charge in [-0.25, -0.2) is 8.42 Å². The fourth-order valence-electron chi connectivity index (χ4n) is 3.01. The van der Waals surface area contributed by atoms with Crippen molar-refractivity contribution in [1.29, 1.82) is 0 Å². The molecule has 1 atom stereocenters. The van der Waals surface area contributed by atoms with Crippen LogP contribution < -0.4 is 10.6 Å². The maximum atomic E-state index is 12.8. The topological polar surface area (TPSA) is 95.6 Å². The van der Waals surface area contributed by atoms with E-state index in [0.29, 0.717) is 24.9 Å². The van der Waals surface area contributed by atoms with Crippen LogP contribution in [0.25, 0.3) is 0 Å². The Bertz CT molecular complexity index is 947. The summed E-state index contributed by atoms with van der Waals surface area (Å²) in [6, 6.07) is 11.3. The van der Waals surface area contributed by atoms with Crippen molar-refractivity contribution < 1.29 is 18.0 Å². The lowest BCUT2D eigenvalue weighted by Crippen LogP contribution is -2.47. The lowest BCUT2D eigenvalue weighted by atomic mass is 10.2. The summed E-state index contributed by atoms with van der Waals surface area (Å²) in [5, 5.41) is 5.45. The molecule has 0 radical (unpaired) electrons. The average Bonchev–Trinajstić information content (AvgIpc) is 3.35. The highest BCUT2D eigenvalue weighted by Gasteiger charge is 2.39. The van der Waals surface area contributed by atoms with Gasteiger partial charge < -0.3 is 10.6 Å². The minimum Gasteiger partial charge on any atom is -0.353 e. The van der Waals surface area contributed by atoms with Crippen molar-refractivity contribution in [3.63, 3.8) is 0 Å². The van der Waals surface area contributed by atoms with Crippen LogP contribution in [0.3, 0.4) is 0 Å². The second kappa shape index (κ2) is 9.17. The molecule has 7 nitrogen and oxygen atoms in total. The van der Waals surface area contributed by atoms with Crippen LogP contribution in [0.15, 0.2) is 50.5 Å². The Labute approximate surface area is 176 Å². The molecule has 10 heteroatoms. The van der Waals surface area contributed by atoms with Gasteiger partial charge in [0.15, 0.2) is 0 Å². The van der Waals surface area contributed by atoms with Crippen molar-refractivity contribution >= 4 is 49.1 Å². The van der Waals surface area contributed by atoms with E-state index in [2.05, 4.69) is 26.6 Å². The van der Waals surface area contributed by atoms with Crippen LogP contribution in [-0.4, -0.2) is 50.2 Å². The van der Waals surface area contributed by atoms with E-state index < -0.39 is 16.1 Å². The van der Waals surface area contributed by atoms with Gasteiger partial charge in [0.2, 0.25) is 5.91 Å². The summed E-state index contributed by atoms with van der Waals surface area (Å²) in [5.41, 5.74) is 0.545. The molecule has 1 fully saturated rings. The van der Waals surface area contributed by atoms with E-state index in [0.717, 1.165) is 15.1 Å². The molecule has 0 saturated carbocycles. The lowest BCUT2D eigenvalue weighted by Gasteiger charge is -2.22. The molecular weight excluding hydrogens is 466 g/mol. The van der Waals surface area contributed by atoms with E-state index in [-0.39, 0.29) is 29.1 Å². The zero-order valence-electron chi connectivity index (χ0n) is 14.9. The van der Waals surface area contributed by atoms with Crippen molar-refractivity contribution in [2.75, 3.05) is 19.6 Å². The Balaban J connectivity index is 1.53. The number of amides is 2. The van der Waals surface area contributed by atoms with E-state index in [1.165, 1.54) is 10.4 Å². The molecule has 1 aliphatic rings. The number of hydrogen-bond donors (Lipinski definition) is 2. The maximum Gasteiger partial charge on any atom is 0.253 e. The molecular formula is C18H20BrN3O4S2. The molecule has 0 bridgehead atoms. The molecule has 2 heterocycles. The SMILES string of the molecule is O=C(NCCNC(=O)C1CCCN1S(=O)(=O)c1ccc(Br)s1)c1ccccc1. The first-order valence-corrected chi connectivity index (χ1v) is 11.8. The van der Waals surface area contributed by atoms with E-state index in [1.807, 2.05) is 6.07 Å². The van der Waals surface area contributed by atoms with Crippen LogP contribution >= 0.6 is 27.3 Å². The fourth-order valence-corrected chi connectivity index (χ4v) is 6.81. The van der Waals surface area contributed by atoms with Crippen LogP contribution in [0, 0.1) is 0 Å². The molecule has 2 N–H and O–H groups in total. The van der Waals surface area contributed by atoms with Crippen LogP contribution in [0.2, 0.25) is 0 Å². The number of carbonyl (C=O) groups is 2. The second-order valence-corrected chi connectivity index (χ2v) is 10.8. The zero-order chi connectivity index (χ0) is 20.1. The van der Waals surface area contributed by atoms with Crippen LogP contribution in [0.1, 0.15) is 23.2 Å². The van der Waals surface area contributed by atoms with Crippen molar-refractivity contribution in [2.24, 2.45) is 0 Å². The predicted molar refractivity (Wildman–Crippen MR) is 111 cm³/mol. The molecule has 2 aromatic rings. The molecule has 150 valence electrons. The Kier molecular flexibility index (Phi) is 6.86. The molecule has 1 saturated heterocycles. The largest absolute Gasteiger partial charge is 0.353 e. The van der Waals surface area contributed by atoms with Crippen molar-refractivity contribution in [2.45, 2.75) is 23.1 Å². The van der Waals surface area contributed by atoms with E-state index in [9.17, 15) is 18.0 Å². The predicted octanol–water partition coefficient (Wildman–Crippen LogP) is 2.21. The molecule has 1 aromatic carbocycles. The normalized spacial score (nSPS) is 17.4. The molecule has 3 rings (SSSR count).